The van der Waals surface area contributed by atoms with Gasteiger partial charge in [-0.1, -0.05) is 0 Å². The Balaban J connectivity index is 1.45. The summed E-state index contributed by atoms with van der Waals surface area (Å²) in [7, 11) is 0. The van der Waals surface area contributed by atoms with Gasteiger partial charge in [-0.2, -0.15) is 5.26 Å². The molecule has 1 saturated heterocycles. The van der Waals surface area contributed by atoms with Crippen LogP contribution in [0.25, 0.3) is 0 Å². The molecule has 1 N–H and O–H groups in total. The molecule has 3 atom stereocenters. The van der Waals surface area contributed by atoms with Crippen LogP contribution in [0.1, 0.15) is 38.5 Å². The molecule has 0 aromatic heterocycles. The van der Waals surface area contributed by atoms with Crippen LogP contribution in [0.4, 0.5) is 0 Å². The molecule has 108 valence electrons. The largest absolute Gasteiger partial charge is 0.326 e. The lowest BCUT2D eigenvalue weighted by molar-refractivity contribution is -0.130. The number of carbonyl (C=O) groups is 2. The molecule has 0 spiro atoms. The number of nitrogens with zero attached hydrogens (tertiary/aromatic N) is 2. The summed E-state index contributed by atoms with van der Waals surface area (Å²) >= 11 is 0. The van der Waals surface area contributed by atoms with Gasteiger partial charge in [-0.25, -0.2) is 0 Å². The minimum absolute atomic E-state index is 0.0437. The van der Waals surface area contributed by atoms with E-state index in [1.165, 1.54) is 0 Å². The first-order valence-electron chi connectivity index (χ1n) is 7.61. The Morgan fingerprint density at radius 3 is 2.70 bits per heavy atom. The SMILES string of the molecule is N#CC1CCCN1C(=O)CNC1CC2CC(=O)CC2C1. The summed E-state index contributed by atoms with van der Waals surface area (Å²) in [6.07, 6.45) is 5.24. The summed E-state index contributed by atoms with van der Waals surface area (Å²) < 4.78 is 0. The summed E-state index contributed by atoms with van der Waals surface area (Å²) in [4.78, 5) is 25.2. The van der Waals surface area contributed by atoms with Gasteiger partial charge in [-0.05, 0) is 37.5 Å². The minimum Gasteiger partial charge on any atom is -0.326 e. The molecule has 0 radical (unpaired) electrons. The predicted molar refractivity (Wildman–Crippen MR) is 72.6 cm³/mol. The molecule has 0 aromatic rings. The van der Waals surface area contributed by atoms with E-state index in [0.29, 0.717) is 36.8 Å². The first-order valence-corrected chi connectivity index (χ1v) is 7.61. The highest BCUT2D eigenvalue weighted by Crippen LogP contribution is 2.42. The number of rotatable bonds is 3. The maximum Gasteiger partial charge on any atom is 0.237 e. The minimum atomic E-state index is -0.232. The van der Waals surface area contributed by atoms with E-state index < -0.39 is 0 Å². The van der Waals surface area contributed by atoms with Crippen LogP contribution < -0.4 is 5.32 Å². The van der Waals surface area contributed by atoms with E-state index in [-0.39, 0.29) is 11.9 Å². The molecule has 0 aromatic carbocycles. The third-order valence-corrected chi connectivity index (χ3v) is 5.09. The van der Waals surface area contributed by atoms with Gasteiger partial charge in [-0.15, -0.1) is 0 Å². The van der Waals surface area contributed by atoms with Crippen molar-refractivity contribution in [1.82, 2.24) is 10.2 Å². The van der Waals surface area contributed by atoms with Crippen LogP contribution in [0, 0.1) is 23.2 Å². The molecule has 20 heavy (non-hydrogen) atoms. The van der Waals surface area contributed by atoms with E-state index in [4.69, 9.17) is 5.26 Å². The van der Waals surface area contributed by atoms with Gasteiger partial charge in [0.1, 0.15) is 11.8 Å². The maximum absolute atomic E-state index is 12.1. The Morgan fingerprint density at radius 2 is 2.05 bits per heavy atom. The van der Waals surface area contributed by atoms with Gasteiger partial charge in [0.15, 0.2) is 0 Å². The molecule has 0 bridgehead atoms. The van der Waals surface area contributed by atoms with Gasteiger partial charge >= 0.3 is 0 Å². The number of likely N-dealkylation sites (tertiary alicyclic amines) is 1. The zero-order valence-electron chi connectivity index (χ0n) is 11.7. The molecule has 3 aliphatic rings. The Hall–Kier alpha value is -1.41. The zero-order chi connectivity index (χ0) is 14.1. The molecule has 5 nitrogen and oxygen atoms in total. The van der Waals surface area contributed by atoms with Gasteiger partial charge in [0.05, 0.1) is 12.6 Å². The third kappa shape index (κ3) is 2.57. The number of Topliss-reactive ketones (excluding diaryl/α,β-unsaturated/α-hetero) is 1. The van der Waals surface area contributed by atoms with Crippen LogP contribution in [0.2, 0.25) is 0 Å². The maximum atomic E-state index is 12.1. The van der Waals surface area contributed by atoms with Crippen LogP contribution in [0.15, 0.2) is 0 Å². The van der Waals surface area contributed by atoms with E-state index in [1.807, 2.05) is 0 Å². The summed E-state index contributed by atoms with van der Waals surface area (Å²) in [5.74, 6) is 1.52. The summed E-state index contributed by atoms with van der Waals surface area (Å²) in [5.41, 5.74) is 0. The number of carbonyl (C=O) groups excluding carboxylic acids is 2. The second-order valence-corrected chi connectivity index (χ2v) is 6.39. The zero-order valence-corrected chi connectivity index (χ0v) is 11.7. The lowest BCUT2D eigenvalue weighted by Gasteiger charge is -2.21. The summed E-state index contributed by atoms with van der Waals surface area (Å²) in [5, 5.41) is 12.3. The van der Waals surface area contributed by atoms with E-state index in [1.54, 1.807) is 4.90 Å². The second-order valence-electron chi connectivity index (χ2n) is 6.39. The molecular weight excluding hydrogens is 254 g/mol. The first kappa shape index (κ1) is 13.6. The van der Waals surface area contributed by atoms with Crippen LogP contribution in [0.3, 0.4) is 0 Å². The highest BCUT2D eigenvalue weighted by Gasteiger charge is 2.41. The lowest BCUT2D eigenvalue weighted by atomic mass is 10.0. The number of ketones is 1. The summed E-state index contributed by atoms with van der Waals surface area (Å²) in [6, 6.07) is 2.33. The quantitative estimate of drug-likeness (QED) is 0.828. The topological polar surface area (TPSA) is 73.2 Å². The Morgan fingerprint density at radius 1 is 1.35 bits per heavy atom. The number of hydrogen-bond donors (Lipinski definition) is 1. The van der Waals surface area contributed by atoms with Gasteiger partial charge in [-0.3, -0.25) is 9.59 Å². The van der Waals surface area contributed by atoms with Gasteiger partial charge < -0.3 is 10.2 Å². The van der Waals surface area contributed by atoms with Crippen molar-refractivity contribution in [2.45, 2.75) is 50.6 Å². The van der Waals surface area contributed by atoms with E-state index in [0.717, 1.165) is 38.5 Å². The average molecular weight is 275 g/mol. The molecule has 1 amide bonds. The Labute approximate surface area is 119 Å². The fourth-order valence-electron chi connectivity index (χ4n) is 4.08. The number of amides is 1. The van der Waals surface area contributed by atoms with Crippen molar-refractivity contribution in [3.05, 3.63) is 0 Å². The van der Waals surface area contributed by atoms with Gasteiger partial charge in [0, 0.05) is 25.4 Å². The number of nitrogens with one attached hydrogen (secondary N) is 1. The first-order chi connectivity index (χ1) is 9.67. The highest BCUT2D eigenvalue weighted by molar-refractivity contribution is 5.81. The van der Waals surface area contributed by atoms with Crippen molar-refractivity contribution in [2.24, 2.45) is 11.8 Å². The number of hydrogen-bond acceptors (Lipinski definition) is 4. The normalized spacial score (nSPS) is 36.1. The van der Waals surface area contributed by atoms with Crippen molar-refractivity contribution in [3.63, 3.8) is 0 Å². The highest BCUT2D eigenvalue weighted by atomic mass is 16.2. The molecule has 3 rings (SSSR count). The monoisotopic (exact) mass is 275 g/mol. The van der Waals surface area contributed by atoms with E-state index >= 15 is 0 Å². The standard InChI is InChI=1S/C15H21N3O2/c16-8-13-2-1-3-18(13)15(20)9-17-12-4-10-6-14(19)7-11(10)5-12/h10-13,17H,1-7,9H2. The van der Waals surface area contributed by atoms with Crippen molar-refractivity contribution in [2.75, 3.05) is 13.1 Å². The van der Waals surface area contributed by atoms with Crippen LogP contribution in [-0.2, 0) is 9.59 Å². The molecule has 3 fully saturated rings. The van der Waals surface area contributed by atoms with Crippen molar-refractivity contribution in [3.8, 4) is 6.07 Å². The molecular formula is C15H21N3O2. The van der Waals surface area contributed by atoms with Crippen molar-refractivity contribution < 1.29 is 9.59 Å². The van der Waals surface area contributed by atoms with Crippen LogP contribution >= 0.6 is 0 Å². The average Bonchev–Trinajstić information content (AvgIpc) is 3.08. The molecule has 2 saturated carbocycles. The third-order valence-electron chi connectivity index (χ3n) is 5.09. The molecule has 1 aliphatic heterocycles. The van der Waals surface area contributed by atoms with Gasteiger partial charge in [0.25, 0.3) is 0 Å². The Bertz CT molecular complexity index is 441. The van der Waals surface area contributed by atoms with E-state index in [2.05, 4.69) is 11.4 Å². The van der Waals surface area contributed by atoms with Crippen molar-refractivity contribution >= 4 is 11.7 Å². The van der Waals surface area contributed by atoms with Crippen LogP contribution in [0.5, 0.6) is 0 Å². The fourth-order valence-corrected chi connectivity index (χ4v) is 4.08. The molecule has 1 heterocycles. The fraction of sp³-hybridized carbons (Fsp3) is 0.800. The Kier molecular flexibility index (Phi) is 3.75. The van der Waals surface area contributed by atoms with E-state index in [9.17, 15) is 9.59 Å². The summed E-state index contributed by atoms with van der Waals surface area (Å²) in [6.45, 7) is 1.04. The predicted octanol–water partition coefficient (Wildman–Crippen LogP) is 0.848. The number of fused-ring (bicyclic) bond motifs is 1. The molecule has 5 heteroatoms. The van der Waals surface area contributed by atoms with Gasteiger partial charge in [0.2, 0.25) is 5.91 Å². The smallest absolute Gasteiger partial charge is 0.237 e. The molecule has 3 unspecified atom stereocenters. The number of nitriles is 1. The lowest BCUT2D eigenvalue weighted by Crippen LogP contribution is -2.43. The second kappa shape index (κ2) is 5.53. The van der Waals surface area contributed by atoms with Crippen LogP contribution in [-0.4, -0.2) is 41.8 Å². The molecule has 2 aliphatic carbocycles. The van der Waals surface area contributed by atoms with Crippen molar-refractivity contribution in [1.29, 1.82) is 5.26 Å².